The number of carbonyl (C=O) groups excluding carboxylic acids is 1. The Morgan fingerprint density at radius 3 is 2.60 bits per heavy atom. The number of aryl methyl sites for hydroxylation is 1. The lowest BCUT2D eigenvalue weighted by atomic mass is 10.2. The molecule has 0 aliphatic rings. The molecule has 80 valence electrons. The molecule has 5 heteroatoms. The molecule has 0 fully saturated rings. The maximum Gasteiger partial charge on any atom is 0.288 e. The number of nitrogens with one attached hydrogen (secondary N) is 2. The Balaban J connectivity index is 2.55. The van der Waals surface area contributed by atoms with Gasteiger partial charge in [0.1, 0.15) is 6.42 Å². The van der Waals surface area contributed by atoms with E-state index in [0.717, 1.165) is 5.56 Å². The molecule has 0 saturated heterocycles. The minimum absolute atomic E-state index is 0.0135. The van der Waals surface area contributed by atoms with E-state index in [1.54, 1.807) is 17.3 Å². The molecule has 1 aromatic rings. The summed E-state index contributed by atoms with van der Waals surface area (Å²) in [4.78, 5) is 11.3. The largest absolute Gasteiger partial charge is 0.357 e. The van der Waals surface area contributed by atoms with Crippen LogP contribution in [0.2, 0.25) is 0 Å². The van der Waals surface area contributed by atoms with Crippen molar-refractivity contribution in [2.75, 3.05) is 5.32 Å². The van der Waals surface area contributed by atoms with Gasteiger partial charge in [-0.15, -0.1) is 0 Å². The molecule has 0 aliphatic carbocycles. The van der Waals surface area contributed by atoms with Gasteiger partial charge >= 0.3 is 0 Å². The van der Waals surface area contributed by atoms with E-state index in [9.17, 15) is 4.79 Å². The molecule has 0 atom stereocenters. The molecule has 0 bridgehead atoms. The molecule has 0 unspecified atom stereocenters. The molecule has 0 heterocycles. The molecule has 1 amide bonds. The molecule has 0 spiro atoms. The fraction of sp³-hybridized carbons (Fsp3) is 0.200. The van der Waals surface area contributed by atoms with Gasteiger partial charge in [-0.3, -0.25) is 10.5 Å². The number of hydrogen-bond donors (Lipinski definition) is 4. The van der Waals surface area contributed by atoms with E-state index < -0.39 is 0 Å². The highest BCUT2D eigenvalue weighted by molar-refractivity contribution is 6.03. The first kappa shape index (κ1) is 11.0. The molecular formula is C10H14N3O2+. The second kappa shape index (κ2) is 4.99. The fourth-order valence-corrected chi connectivity index (χ4v) is 1.05. The fourth-order valence-electron chi connectivity index (χ4n) is 1.05. The van der Waals surface area contributed by atoms with Crippen molar-refractivity contribution in [1.82, 2.24) is 0 Å². The molecule has 0 radical (unpaired) electrons. The molecular weight excluding hydrogens is 194 g/mol. The quantitative estimate of drug-likeness (QED) is 0.226. The van der Waals surface area contributed by atoms with Crippen molar-refractivity contribution in [3.63, 3.8) is 0 Å². The summed E-state index contributed by atoms with van der Waals surface area (Å²) < 4.78 is 0. The van der Waals surface area contributed by atoms with Crippen molar-refractivity contribution < 1.29 is 15.2 Å². The first-order valence-corrected chi connectivity index (χ1v) is 4.49. The second-order valence-corrected chi connectivity index (χ2v) is 3.23. The molecule has 1 aromatic carbocycles. The highest BCUT2D eigenvalue weighted by atomic mass is 16.4. The third-order valence-electron chi connectivity index (χ3n) is 1.83. The third kappa shape index (κ3) is 3.68. The monoisotopic (exact) mass is 208 g/mol. The maximum absolute atomic E-state index is 11.3. The lowest BCUT2D eigenvalue weighted by Crippen LogP contribution is -2.72. The van der Waals surface area contributed by atoms with Crippen LogP contribution in [0.3, 0.4) is 0 Å². The minimum atomic E-state index is -0.280. The van der Waals surface area contributed by atoms with Crippen molar-refractivity contribution in [1.29, 1.82) is 0 Å². The summed E-state index contributed by atoms with van der Waals surface area (Å²) >= 11 is 0. The van der Waals surface area contributed by atoms with Gasteiger partial charge in [0.2, 0.25) is 5.91 Å². The molecule has 0 saturated carbocycles. The van der Waals surface area contributed by atoms with Gasteiger partial charge in [0.25, 0.3) is 5.84 Å². The van der Waals surface area contributed by atoms with Crippen LogP contribution in [0.25, 0.3) is 0 Å². The number of anilines is 1. The lowest BCUT2D eigenvalue weighted by Gasteiger charge is -2.03. The summed E-state index contributed by atoms with van der Waals surface area (Å²) in [7, 11) is 0. The Bertz CT molecular complexity index is 371. The van der Waals surface area contributed by atoms with E-state index in [4.69, 9.17) is 10.9 Å². The van der Waals surface area contributed by atoms with E-state index in [-0.39, 0.29) is 18.2 Å². The Kier molecular flexibility index (Phi) is 3.68. The van der Waals surface area contributed by atoms with Crippen molar-refractivity contribution in [2.45, 2.75) is 13.3 Å². The Morgan fingerprint density at radius 1 is 1.47 bits per heavy atom. The summed E-state index contributed by atoms with van der Waals surface area (Å²) in [5, 5.41) is 12.8. The Labute approximate surface area is 87.6 Å². The van der Waals surface area contributed by atoms with Crippen LogP contribution in [-0.2, 0) is 4.79 Å². The van der Waals surface area contributed by atoms with Gasteiger partial charge in [0.15, 0.2) is 0 Å². The standard InChI is InChI=1S/C10H13N3O2/c1-7-2-4-8(5-3-7)12-10(14)6-9(11)13-15/h2-5,15H,6H2,1H3,(H2,11,13)(H,12,14)/p+1. The number of amidine groups is 1. The van der Waals surface area contributed by atoms with Crippen molar-refractivity contribution >= 4 is 17.4 Å². The van der Waals surface area contributed by atoms with Crippen LogP contribution in [0, 0.1) is 6.92 Å². The summed E-state index contributed by atoms with van der Waals surface area (Å²) in [6.45, 7) is 1.97. The van der Waals surface area contributed by atoms with E-state index in [0.29, 0.717) is 5.69 Å². The summed E-state index contributed by atoms with van der Waals surface area (Å²) in [5.41, 5.74) is 7.07. The number of benzene rings is 1. The third-order valence-corrected chi connectivity index (χ3v) is 1.83. The molecule has 5 N–H and O–H groups in total. The SMILES string of the molecule is Cc1ccc(NC(=O)CC(N)=[NH+]O)cc1. The number of amides is 1. The average molecular weight is 208 g/mol. The van der Waals surface area contributed by atoms with E-state index >= 15 is 0 Å². The predicted molar refractivity (Wildman–Crippen MR) is 56.4 cm³/mol. The van der Waals surface area contributed by atoms with E-state index in [1.807, 2.05) is 19.1 Å². The maximum atomic E-state index is 11.3. The van der Waals surface area contributed by atoms with Crippen LogP contribution in [0.4, 0.5) is 5.69 Å². The molecule has 1 rings (SSSR count). The summed E-state index contributed by atoms with van der Waals surface area (Å²) in [5.74, 6) is -0.266. The van der Waals surface area contributed by atoms with E-state index in [1.165, 1.54) is 0 Å². The second-order valence-electron chi connectivity index (χ2n) is 3.23. The van der Waals surface area contributed by atoms with E-state index in [2.05, 4.69) is 5.32 Å². The lowest BCUT2D eigenvalue weighted by molar-refractivity contribution is -0.738. The first-order chi connectivity index (χ1) is 7.11. The zero-order valence-electron chi connectivity index (χ0n) is 8.45. The predicted octanol–water partition coefficient (Wildman–Crippen LogP) is -0.849. The average Bonchev–Trinajstić information content (AvgIpc) is 2.21. The molecule has 5 nitrogen and oxygen atoms in total. The van der Waals surface area contributed by atoms with Gasteiger partial charge in [-0.25, -0.2) is 0 Å². The number of rotatable bonds is 3. The van der Waals surface area contributed by atoms with Crippen LogP contribution in [0.15, 0.2) is 24.3 Å². The first-order valence-electron chi connectivity index (χ1n) is 4.49. The molecule has 15 heavy (non-hydrogen) atoms. The van der Waals surface area contributed by atoms with Gasteiger partial charge < -0.3 is 10.5 Å². The smallest absolute Gasteiger partial charge is 0.288 e. The zero-order chi connectivity index (χ0) is 11.3. The zero-order valence-corrected chi connectivity index (χ0v) is 8.45. The summed E-state index contributed by atoms with van der Waals surface area (Å²) in [6, 6.07) is 7.39. The minimum Gasteiger partial charge on any atom is -0.357 e. The highest BCUT2D eigenvalue weighted by Gasteiger charge is 2.08. The Hall–Kier alpha value is -2.04. The van der Waals surface area contributed by atoms with Crippen molar-refractivity contribution in [3.05, 3.63) is 29.8 Å². The van der Waals surface area contributed by atoms with Crippen LogP contribution >= 0.6 is 0 Å². The molecule has 0 aromatic heterocycles. The van der Waals surface area contributed by atoms with Crippen molar-refractivity contribution in [3.8, 4) is 0 Å². The molecule has 0 aliphatic heterocycles. The van der Waals surface area contributed by atoms with Crippen molar-refractivity contribution in [2.24, 2.45) is 5.73 Å². The topological polar surface area (TPSA) is 89.3 Å². The normalized spacial score (nSPS) is 11.1. The summed E-state index contributed by atoms with van der Waals surface area (Å²) in [6.07, 6.45) is -0.0651. The van der Waals surface area contributed by atoms with Gasteiger partial charge in [0.05, 0.1) is 0 Å². The van der Waals surface area contributed by atoms with Crippen LogP contribution < -0.4 is 16.2 Å². The van der Waals surface area contributed by atoms with Gasteiger partial charge in [-0.1, -0.05) is 22.9 Å². The number of hydrogen-bond acceptors (Lipinski definition) is 2. The van der Waals surface area contributed by atoms with Crippen LogP contribution in [-0.4, -0.2) is 17.0 Å². The van der Waals surface area contributed by atoms with Crippen LogP contribution in [0.5, 0.6) is 0 Å². The van der Waals surface area contributed by atoms with Gasteiger partial charge in [-0.2, -0.15) is 0 Å². The highest BCUT2D eigenvalue weighted by Crippen LogP contribution is 2.08. The van der Waals surface area contributed by atoms with Gasteiger partial charge in [-0.05, 0) is 19.1 Å². The van der Waals surface area contributed by atoms with Gasteiger partial charge in [0, 0.05) is 5.69 Å². The Morgan fingerprint density at radius 2 is 2.07 bits per heavy atom. The number of nitrogens with two attached hydrogens (primary N) is 1. The van der Waals surface area contributed by atoms with Crippen LogP contribution in [0.1, 0.15) is 12.0 Å². The number of carbonyl (C=O) groups is 1.